The van der Waals surface area contributed by atoms with Crippen molar-refractivity contribution in [3.05, 3.63) is 29.3 Å². The van der Waals surface area contributed by atoms with Crippen molar-refractivity contribution in [3.63, 3.8) is 0 Å². The molecule has 3 heteroatoms. The second-order valence-corrected chi connectivity index (χ2v) is 5.25. The number of rotatable bonds is 4. The van der Waals surface area contributed by atoms with Gasteiger partial charge in [-0.15, -0.1) is 0 Å². The SMILES string of the molecule is CC(C)NCCc1ccc2c(c1)NC(=O)CCC2. The van der Waals surface area contributed by atoms with Gasteiger partial charge < -0.3 is 10.6 Å². The van der Waals surface area contributed by atoms with Gasteiger partial charge in [0.2, 0.25) is 5.91 Å². The lowest BCUT2D eigenvalue weighted by Crippen LogP contribution is -2.25. The average Bonchev–Trinajstić information content (AvgIpc) is 2.48. The van der Waals surface area contributed by atoms with Crippen LogP contribution in [-0.2, 0) is 17.6 Å². The zero-order valence-corrected chi connectivity index (χ0v) is 11.3. The van der Waals surface area contributed by atoms with Crippen LogP contribution in [0, 0.1) is 0 Å². The quantitative estimate of drug-likeness (QED) is 0.857. The summed E-state index contributed by atoms with van der Waals surface area (Å²) in [5, 5.41) is 6.41. The van der Waals surface area contributed by atoms with Crippen molar-refractivity contribution in [3.8, 4) is 0 Å². The van der Waals surface area contributed by atoms with E-state index in [0.29, 0.717) is 12.5 Å². The highest BCUT2D eigenvalue weighted by molar-refractivity contribution is 5.92. The molecule has 0 aromatic heterocycles. The molecule has 0 unspecified atom stereocenters. The zero-order chi connectivity index (χ0) is 13.0. The number of fused-ring (bicyclic) bond motifs is 1. The van der Waals surface area contributed by atoms with Gasteiger partial charge in [-0.3, -0.25) is 4.79 Å². The third-order valence-electron chi connectivity index (χ3n) is 3.26. The van der Waals surface area contributed by atoms with Gasteiger partial charge in [0.15, 0.2) is 0 Å². The molecule has 0 atom stereocenters. The number of nitrogens with one attached hydrogen (secondary N) is 2. The first-order valence-corrected chi connectivity index (χ1v) is 6.80. The molecule has 1 aliphatic heterocycles. The molecule has 0 saturated carbocycles. The van der Waals surface area contributed by atoms with E-state index in [4.69, 9.17) is 0 Å². The lowest BCUT2D eigenvalue weighted by atomic mass is 10.0. The Morgan fingerprint density at radius 3 is 2.94 bits per heavy atom. The molecule has 0 spiro atoms. The monoisotopic (exact) mass is 246 g/mol. The summed E-state index contributed by atoms with van der Waals surface area (Å²) in [5.41, 5.74) is 3.56. The van der Waals surface area contributed by atoms with Crippen LogP contribution >= 0.6 is 0 Å². The summed E-state index contributed by atoms with van der Waals surface area (Å²) in [6.07, 6.45) is 3.59. The molecular formula is C15H22N2O. The smallest absolute Gasteiger partial charge is 0.224 e. The molecule has 1 heterocycles. The molecule has 2 N–H and O–H groups in total. The number of aryl methyl sites for hydroxylation is 1. The fourth-order valence-electron chi connectivity index (χ4n) is 2.27. The molecule has 1 aromatic rings. The Morgan fingerprint density at radius 2 is 2.17 bits per heavy atom. The maximum absolute atomic E-state index is 11.5. The summed E-state index contributed by atoms with van der Waals surface area (Å²) in [6.45, 7) is 5.28. The van der Waals surface area contributed by atoms with E-state index in [0.717, 1.165) is 31.5 Å². The van der Waals surface area contributed by atoms with Crippen molar-refractivity contribution >= 4 is 11.6 Å². The molecule has 1 amide bonds. The normalized spacial score (nSPS) is 15.2. The van der Waals surface area contributed by atoms with Crippen LogP contribution in [0.2, 0.25) is 0 Å². The van der Waals surface area contributed by atoms with Crippen LogP contribution in [0.25, 0.3) is 0 Å². The van der Waals surface area contributed by atoms with E-state index in [9.17, 15) is 4.79 Å². The van der Waals surface area contributed by atoms with Crippen molar-refractivity contribution < 1.29 is 4.79 Å². The van der Waals surface area contributed by atoms with Gasteiger partial charge in [-0.25, -0.2) is 0 Å². The lowest BCUT2D eigenvalue weighted by Gasteiger charge is -2.11. The van der Waals surface area contributed by atoms with Crippen LogP contribution in [0.5, 0.6) is 0 Å². The van der Waals surface area contributed by atoms with Gasteiger partial charge in [0, 0.05) is 18.2 Å². The molecule has 2 rings (SSSR count). The van der Waals surface area contributed by atoms with Crippen LogP contribution < -0.4 is 10.6 Å². The number of carbonyl (C=O) groups is 1. The predicted molar refractivity (Wildman–Crippen MR) is 74.9 cm³/mol. The van der Waals surface area contributed by atoms with Crippen LogP contribution in [0.1, 0.15) is 37.8 Å². The molecule has 1 aliphatic rings. The molecule has 18 heavy (non-hydrogen) atoms. The molecule has 0 fully saturated rings. The Kier molecular flexibility index (Phi) is 4.37. The van der Waals surface area contributed by atoms with E-state index in [1.54, 1.807) is 0 Å². The maximum atomic E-state index is 11.5. The summed E-state index contributed by atoms with van der Waals surface area (Å²) in [4.78, 5) is 11.5. The largest absolute Gasteiger partial charge is 0.326 e. The van der Waals surface area contributed by atoms with Gasteiger partial charge >= 0.3 is 0 Å². The Bertz CT molecular complexity index is 427. The van der Waals surface area contributed by atoms with E-state index in [1.807, 2.05) is 0 Å². The van der Waals surface area contributed by atoms with E-state index in [2.05, 4.69) is 42.7 Å². The van der Waals surface area contributed by atoms with Gasteiger partial charge in [-0.2, -0.15) is 0 Å². The van der Waals surface area contributed by atoms with Crippen molar-refractivity contribution in [2.75, 3.05) is 11.9 Å². The van der Waals surface area contributed by atoms with Crippen molar-refractivity contribution in [1.82, 2.24) is 5.32 Å². The van der Waals surface area contributed by atoms with E-state index < -0.39 is 0 Å². The maximum Gasteiger partial charge on any atom is 0.224 e. The number of anilines is 1. The lowest BCUT2D eigenvalue weighted by molar-refractivity contribution is -0.116. The number of hydrogen-bond donors (Lipinski definition) is 2. The summed E-state index contributed by atoms with van der Waals surface area (Å²) in [7, 11) is 0. The van der Waals surface area contributed by atoms with E-state index in [-0.39, 0.29) is 5.91 Å². The summed E-state index contributed by atoms with van der Waals surface area (Å²) >= 11 is 0. The van der Waals surface area contributed by atoms with Gasteiger partial charge in [0.1, 0.15) is 0 Å². The van der Waals surface area contributed by atoms with Crippen LogP contribution in [-0.4, -0.2) is 18.5 Å². The van der Waals surface area contributed by atoms with Crippen molar-refractivity contribution in [2.45, 2.75) is 45.6 Å². The third-order valence-corrected chi connectivity index (χ3v) is 3.26. The molecule has 0 aliphatic carbocycles. The fraction of sp³-hybridized carbons (Fsp3) is 0.533. The van der Waals surface area contributed by atoms with E-state index >= 15 is 0 Å². The first-order chi connectivity index (χ1) is 8.65. The van der Waals surface area contributed by atoms with Crippen LogP contribution in [0.4, 0.5) is 5.69 Å². The minimum atomic E-state index is 0.145. The Morgan fingerprint density at radius 1 is 1.33 bits per heavy atom. The number of benzene rings is 1. The van der Waals surface area contributed by atoms with Gasteiger partial charge in [-0.05, 0) is 43.0 Å². The Labute approximate surface area is 109 Å². The highest BCUT2D eigenvalue weighted by atomic mass is 16.1. The first-order valence-electron chi connectivity index (χ1n) is 6.80. The highest BCUT2D eigenvalue weighted by Crippen LogP contribution is 2.23. The predicted octanol–water partition coefficient (Wildman–Crippen LogP) is 2.50. The molecule has 3 nitrogen and oxygen atoms in total. The molecule has 0 radical (unpaired) electrons. The topological polar surface area (TPSA) is 41.1 Å². The van der Waals surface area contributed by atoms with E-state index in [1.165, 1.54) is 11.1 Å². The first kappa shape index (κ1) is 13.1. The van der Waals surface area contributed by atoms with Gasteiger partial charge in [0.05, 0.1) is 0 Å². The minimum Gasteiger partial charge on any atom is -0.326 e. The van der Waals surface area contributed by atoms with Gasteiger partial charge in [-0.1, -0.05) is 26.0 Å². The minimum absolute atomic E-state index is 0.145. The van der Waals surface area contributed by atoms with Crippen molar-refractivity contribution in [2.24, 2.45) is 0 Å². The summed E-state index contributed by atoms with van der Waals surface area (Å²) < 4.78 is 0. The summed E-state index contributed by atoms with van der Waals surface area (Å²) in [6, 6.07) is 6.98. The zero-order valence-electron chi connectivity index (χ0n) is 11.3. The second-order valence-electron chi connectivity index (χ2n) is 5.25. The van der Waals surface area contributed by atoms with Crippen molar-refractivity contribution in [1.29, 1.82) is 0 Å². The van der Waals surface area contributed by atoms with Gasteiger partial charge in [0.25, 0.3) is 0 Å². The number of hydrogen-bond acceptors (Lipinski definition) is 2. The fourth-order valence-corrected chi connectivity index (χ4v) is 2.27. The molecule has 0 bridgehead atoms. The number of carbonyl (C=O) groups excluding carboxylic acids is 1. The average molecular weight is 246 g/mol. The Hall–Kier alpha value is -1.35. The molecule has 1 aromatic carbocycles. The molecule has 0 saturated heterocycles. The third kappa shape index (κ3) is 3.57. The Balaban J connectivity index is 2.03. The molecular weight excluding hydrogens is 224 g/mol. The summed E-state index contributed by atoms with van der Waals surface area (Å²) in [5.74, 6) is 0.145. The standard InChI is InChI=1S/C15H22N2O/c1-11(2)16-9-8-12-6-7-13-4-3-5-15(18)17-14(13)10-12/h6-7,10-11,16H,3-5,8-9H2,1-2H3,(H,17,18). The van der Waals surface area contributed by atoms with Crippen LogP contribution in [0.15, 0.2) is 18.2 Å². The molecule has 98 valence electrons. The second kappa shape index (κ2) is 6.01. The number of amides is 1. The highest BCUT2D eigenvalue weighted by Gasteiger charge is 2.12. The van der Waals surface area contributed by atoms with Crippen LogP contribution in [0.3, 0.4) is 0 Å².